The molecule has 27 heavy (non-hydrogen) atoms. The Morgan fingerprint density at radius 2 is 1.30 bits per heavy atom. The summed E-state index contributed by atoms with van der Waals surface area (Å²) in [6.07, 6.45) is 3.25. The Hall–Kier alpha value is -3.94. The fourth-order valence-electron chi connectivity index (χ4n) is 2.21. The van der Waals surface area contributed by atoms with Crippen LogP contribution in [0.1, 0.15) is 22.0 Å². The second kappa shape index (κ2) is 7.96. The molecule has 3 aromatic rings. The number of aromatic nitrogens is 2. The molecule has 0 unspecified atom stereocenters. The van der Waals surface area contributed by atoms with Crippen LogP contribution in [0, 0.1) is 22.7 Å². The van der Waals surface area contributed by atoms with Gasteiger partial charge in [0.15, 0.2) is 10.8 Å². The van der Waals surface area contributed by atoms with E-state index in [1.165, 1.54) is 24.3 Å². The van der Waals surface area contributed by atoms with E-state index >= 15 is 0 Å². The van der Waals surface area contributed by atoms with Gasteiger partial charge in [0.05, 0.1) is 11.1 Å². The molecule has 2 aromatic carbocycles. The van der Waals surface area contributed by atoms with Gasteiger partial charge in [0.2, 0.25) is 0 Å². The predicted octanol–water partition coefficient (Wildman–Crippen LogP) is 4.08. The van der Waals surface area contributed by atoms with Crippen LogP contribution in [0.4, 0.5) is 0 Å². The van der Waals surface area contributed by atoms with Crippen LogP contribution < -0.4 is 0 Å². The van der Waals surface area contributed by atoms with Crippen molar-refractivity contribution in [2.45, 2.75) is 0 Å². The quantitative estimate of drug-likeness (QED) is 0.667. The Labute approximate surface area is 159 Å². The van der Waals surface area contributed by atoms with Crippen molar-refractivity contribution in [3.8, 4) is 23.6 Å². The highest BCUT2D eigenvalue weighted by Crippen LogP contribution is 2.24. The highest BCUT2D eigenvalue weighted by atomic mass is 32.1. The molecule has 0 aliphatic heterocycles. The number of benzene rings is 2. The lowest BCUT2D eigenvalue weighted by atomic mass is 10.1. The Bertz CT molecular complexity index is 1010. The second-order valence-electron chi connectivity index (χ2n) is 5.45. The minimum absolute atomic E-state index is 0.137. The van der Waals surface area contributed by atoms with Gasteiger partial charge in [0.1, 0.15) is 23.6 Å². The molecule has 0 atom stereocenters. The van der Waals surface area contributed by atoms with Gasteiger partial charge in [-0.1, -0.05) is 24.3 Å². The third kappa shape index (κ3) is 4.37. The molecule has 1 heterocycles. The molecule has 7 heteroatoms. The topological polar surface area (TPSA) is 114 Å². The summed E-state index contributed by atoms with van der Waals surface area (Å²) >= 11 is 1.03. The lowest BCUT2D eigenvalue weighted by molar-refractivity contribution is 0.474. The zero-order chi connectivity index (χ0) is 19.2. The van der Waals surface area contributed by atoms with E-state index in [0.29, 0.717) is 10.6 Å². The zero-order valence-corrected chi connectivity index (χ0v) is 14.7. The van der Waals surface area contributed by atoms with Gasteiger partial charge in [-0.05, 0) is 59.1 Å². The highest BCUT2D eigenvalue weighted by Gasteiger charge is 2.13. The number of phenolic OH excluding ortho intramolecular Hbond substituents is 2. The average molecular weight is 372 g/mol. The fraction of sp³-hybridized carbons (Fsp3) is 0. The van der Waals surface area contributed by atoms with Gasteiger partial charge in [0, 0.05) is 0 Å². The summed E-state index contributed by atoms with van der Waals surface area (Å²) in [6, 6.07) is 16.9. The van der Waals surface area contributed by atoms with Crippen molar-refractivity contribution < 1.29 is 10.2 Å². The van der Waals surface area contributed by atoms with Crippen molar-refractivity contribution >= 4 is 34.8 Å². The van der Waals surface area contributed by atoms with Gasteiger partial charge < -0.3 is 10.2 Å². The van der Waals surface area contributed by atoms with Crippen molar-refractivity contribution in [3.05, 3.63) is 70.5 Å². The molecule has 6 nitrogen and oxygen atoms in total. The normalized spacial score (nSPS) is 11.6. The van der Waals surface area contributed by atoms with Crippen LogP contribution in [0.3, 0.4) is 0 Å². The number of aromatic hydroxyl groups is 2. The molecule has 0 saturated carbocycles. The van der Waals surface area contributed by atoms with Crippen LogP contribution in [0.25, 0.3) is 23.3 Å². The largest absolute Gasteiger partial charge is 0.508 e. The molecule has 0 aliphatic rings. The van der Waals surface area contributed by atoms with Gasteiger partial charge >= 0.3 is 0 Å². The van der Waals surface area contributed by atoms with Crippen molar-refractivity contribution in [2.75, 3.05) is 0 Å². The number of phenols is 2. The minimum atomic E-state index is 0.137. The molecule has 0 spiro atoms. The molecule has 0 aliphatic carbocycles. The van der Waals surface area contributed by atoms with E-state index in [0.717, 1.165) is 22.7 Å². The number of nitriles is 2. The van der Waals surface area contributed by atoms with Crippen molar-refractivity contribution in [1.29, 1.82) is 10.5 Å². The SMILES string of the molecule is N#C/C(=C\c1ccc(O)cc1)c1nsc(/C(C#N)=C/c2ccc(O)cc2)n1. The number of nitrogens with zero attached hydrogens (tertiary/aromatic N) is 4. The lowest BCUT2D eigenvalue weighted by Crippen LogP contribution is -1.87. The van der Waals surface area contributed by atoms with Crippen molar-refractivity contribution in [2.24, 2.45) is 0 Å². The van der Waals surface area contributed by atoms with Crippen molar-refractivity contribution in [3.63, 3.8) is 0 Å². The summed E-state index contributed by atoms with van der Waals surface area (Å²) in [6.45, 7) is 0. The van der Waals surface area contributed by atoms with Gasteiger partial charge in [0.25, 0.3) is 0 Å². The lowest BCUT2D eigenvalue weighted by Gasteiger charge is -1.96. The Balaban J connectivity index is 1.92. The van der Waals surface area contributed by atoms with Gasteiger partial charge in [-0.2, -0.15) is 14.9 Å². The van der Waals surface area contributed by atoms with E-state index in [1.54, 1.807) is 36.4 Å². The zero-order valence-electron chi connectivity index (χ0n) is 13.9. The summed E-state index contributed by atoms with van der Waals surface area (Å²) in [5.41, 5.74) is 2.03. The maximum Gasteiger partial charge on any atom is 0.184 e. The molecule has 0 radical (unpaired) electrons. The van der Waals surface area contributed by atoms with E-state index in [4.69, 9.17) is 0 Å². The smallest absolute Gasteiger partial charge is 0.184 e. The molecule has 1 aromatic heterocycles. The summed E-state index contributed by atoms with van der Waals surface area (Å²) in [4.78, 5) is 4.31. The Morgan fingerprint density at radius 3 is 1.78 bits per heavy atom. The Morgan fingerprint density at radius 1 is 0.815 bits per heavy atom. The first-order valence-electron chi connectivity index (χ1n) is 7.75. The molecule has 0 saturated heterocycles. The van der Waals surface area contributed by atoms with Gasteiger partial charge in [-0.3, -0.25) is 0 Å². The van der Waals surface area contributed by atoms with Gasteiger partial charge in [-0.25, -0.2) is 4.98 Å². The number of hydrogen-bond donors (Lipinski definition) is 2. The van der Waals surface area contributed by atoms with E-state index in [9.17, 15) is 20.7 Å². The first-order chi connectivity index (χ1) is 13.1. The Kier molecular flexibility index (Phi) is 5.27. The summed E-state index contributed by atoms with van der Waals surface area (Å²) in [5, 5.41) is 37.9. The standard InChI is InChI=1S/C20H12N4O2S/c21-11-15(9-13-1-5-17(25)6-2-13)19-23-20(27-24-19)16(12-22)10-14-3-7-18(26)8-4-14/h1-10,25-26H/b15-9+,16-10+. The van der Waals surface area contributed by atoms with Crippen LogP contribution in [-0.2, 0) is 0 Å². The molecule has 130 valence electrons. The van der Waals surface area contributed by atoms with Crippen LogP contribution >= 0.6 is 11.5 Å². The average Bonchev–Trinajstić information content (AvgIpc) is 3.17. The molecule has 0 fully saturated rings. The first-order valence-corrected chi connectivity index (χ1v) is 8.52. The monoisotopic (exact) mass is 372 g/mol. The molecule has 2 N–H and O–H groups in total. The van der Waals surface area contributed by atoms with Crippen LogP contribution in [-0.4, -0.2) is 19.6 Å². The molecule has 0 bridgehead atoms. The summed E-state index contributed by atoms with van der Waals surface area (Å²) < 4.78 is 4.18. The molecule has 0 amide bonds. The number of hydrogen-bond acceptors (Lipinski definition) is 7. The van der Waals surface area contributed by atoms with Crippen LogP contribution in [0.5, 0.6) is 11.5 Å². The summed E-state index contributed by atoms with van der Waals surface area (Å²) in [7, 11) is 0. The summed E-state index contributed by atoms with van der Waals surface area (Å²) in [5.74, 6) is 0.511. The predicted molar refractivity (Wildman–Crippen MR) is 103 cm³/mol. The second-order valence-corrected chi connectivity index (χ2v) is 6.20. The van der Waals surface area contributed by atoms with E-state index in [1.807, 2.05) is 0 Å². The molecular formula is C20H12N4O2S. The fourth-order valence-corrected chi connectivity index (χ4v) is 2.85. The van der Waals surface area contributed by atoms with E-state index in [-0.39, 0.29) is 22.9 Å². The number of rotatable bonds is 4. The van der Waals surface area contributed by atoms with Crippen LogP contribution in [0.15, 0.2) is 48.5 Å². The van der Waals surface area contributed by atoms with E-state index in [2.05, 4.69) is 21.5 Å². The molecule has 3 rings (SSSR count). The first kappa shape index (κ1) is 17.9. The highest BCUT2D eigenvalue weighted by molar-refractivity contribution is 7.06. The van der Waals surface area contributed by atoms with Crippen molar-refractivity contribution in [1.82, 2.24) is 9.36 Å². The molecular weight excluding hydrogens is 360 g/mol. The number of allylic oxidation sites excluding steroid dienone is 2. The minimum Gasteiger partial charge on any atom is -0.508 e. The van der Waals surface area contributed by atoms with E-state index < -0.39 is 0 Å². The van der Waals surface area contributed by atoms with Crippen LogP contribution in [0.2, 0.25) is 0 Å². The third-order valence-electron chi connectivity index (χ3n) is 3.55. The third-order valence-corrected chi connectivity index (χ3v) is 4.29. The maximum atomic E-state index is 9.43. The maximum absolute atomic E-state index is 9.43. The van der Waals surface area contributed by atoms with Gasteiger partial charge in [-0.15, -0.1) is 0 Å².